The Bertz CT molecular complexity index is 1300. The van der Waals surface area contributed by atoms with Crippen molar-refractivity contribution in [2.75, 3.05) is 5.32 Å². The minimum absolute atomic E-state index is 0.209. The summed E-state index contributed by atoms with van der Waals surface area (Å²) in [5, 5.41) is 4.10. The third-order valence-corrected chi connectivity index (χ3v) is 5.34. The van der Waals surface area contributed by atoms with Gasteiger partial charge >= 0.3 is 0 Å². The van der Waals surface area contributed by atoms with Gasteiger partial charge in [0, 0.05) is 10.6 Å². The quantitative estimate of drug-likeness (QED) is 0.470. The number of benzene rings is 3. The Morgan fingerprint density at radius 3 is 2.43 bits per heavy atom. The molecule has 150 valence electrons. The molecule has 4 rings (SSSR count). The fourth-order valence-corrected chi connectivity index (χ4v) is 3.52. The molecule has 4 aromatic rings. The van der Waals surface area contributed by atoms with Crippen molar-refractivity contribution in [3.8, 4) is 0 Å². The van der Waals surface area contributed by atoms with Gasteiger partial charge in [0.05, 0.1) is 28.2 Å². The number of hydrogen-bond acceptors (Lipinski definition) is 3. The van der Waals surface area contributed by atoms with Crippen molar-refractivity contribution in [3.05, 3.63) is 104 Å². The molecule has 0 radical (unpaired) electrons. The maximum absolute atomic E-state index is 13.2. The molecule has 1 heterocycles. The molecule has 0 atom stereocenters. The van der Waals surface area contributed by atoms with Gasteiger partial charge in [-0.2, -0.15) is 0 Å². The van der Waals surface area contributed by atoms with Crippen molar-refractivity contribution in [1.82, 2.24) is 9.55 Å². The van der Waals surface area contributed by atoms with Gasteiger partial charge in [0.25, 0.3) is 11.5 Å². The second-order valence-corrected chi connectivity index (χ2v) is 7.69. The molecule has 0 aliphatic heterocycles. The predicted octanol–water partition coefficient (Wildman–Crippen LogP) is 5.31. The fourth-order valence-electron chi connectivity index (χ4n) is 3.19. The van der Waals surface area contributed by atoms with E-state index in [1.807, 2.05) is 18.2 Å². The minimum atomic E-state index is -0.307. The third-order valence-electron chi connectivity index (χ3n) is 4.77. The number of carbonyl (C=O) groups is 1. The van der Waals surface area contributed by atoms with Crippen molar-refractivity contribution in [3.63, 3.8) is 0 Å². The molecule has 0 saturated heterocycles. The first-order chi connectivity index (χ1) is 14.4. The second kappa shape index (κ2) is 8.30. The van der Waals surface area contributed by atoms with E-state index in [-0.39, 0.29) is 11.5 Å². The van der Waals surface area contributed by atoms with Gasteiger partial charge in [-0.15, -0.1) is 0 Å². The summed E-state index contributed by atoms with van der Waals surface area (Å²) in [5.74, 6) is 0.262. The lowest BCUT2D eigenvalue weighted by Gasteiger charge is -2.13. The lowest BCUT2D eigenvalue weighted by atomic mass is 10.1. The number of rotatable bonds is 4. The largest absolute Gasteiger partial charge is 0.321 e. The van der Waals surface area contributed by atoms with Crippen molar-refractivity contribution in [2.45, 2.75) is 13.5 Å². The van der Waals surface area contributed by atoms with Crippen LogP contribution in [0.1, 0.15) is 21.7 Å². The molecule has 1 amide bonds. The van der Waals surface area contributed by atoms with Gasteiger partial charge in [0.15, 0.2) is 0 Å². The Hall–Kier alpha value is -3.15. The number of nitrogens with zero attached hydrogens (tertiary/aromatic N) is 2. The third kappa shape index (κ3) is 4.08. The highest BCUT2D eigenvalue weighted by Gasteiger charge is 2.14. The highest BCUT2D eigenvalue weighted by Crippen LogP contribution is 2.27. The number of aromatic nitrogens is 2. The predicted molar refractivity (Wildman–Crippen MR) is 121 cm³/mol. The number of nitrogens with one attached hydrogen (secondary N) is 1. The molecular formula is C23H17Cl2N3O2. The molecule has 0 aliphatic carbocycles. The number of anilines is 1. The SMILES string of the molecule is Cc1nc2cc(Cl)c(NC(=O)c3ccccc3)cc2c(=O)n1Cc1ccc(Cl)cc1. The van der Waals surface area contributed by atoms with Gasteiger partial charge in [-0.05, 0) is 48.9 Å². The first-order valence-electron chi connectivity index (χ1n) is 9.24. The maximum Gasteiger partial charge on any atom is 0.261 e. The lowest BCUT2D eigenvalue weighted by molar-refractivity contribution is 0.102. The summed E-state index contributed by atoms with van der Waals surface area (Å²) in [6.45, 7) is 2.13. The smallest absolute Gasteiger partial charge is 0.261 e. The lowest BCUT2D eigenvalue weighted by Crippen LogP contribution is -2.24. The van der Waals surface area contributed by atoms with Crippen LogP contribution in [0.4, 0.5) is 5.69 Å². The average Bonchev–Trinajstić information content (AvgIpc) is 2.74. The molecule has 7 heteroatoms. The van der Waals surface area contributed by atoms with E-state index in [0.29, 0.717) is 44.6 Å². The van der Waals surface area contributed by atoms with E-state index in [2.05, 4.69) is 10.3 Å². The molecule has 1 N–H and O–H groups in total. The van der Waals surface area contributed by atoms with E-state index in [1.165, 1.54) is 0 Å². The topological polar surface area (TPSA) is 64.0 Å². The van der Waals surface area contributed by atoms with Gasteiger partial charge in [-0.25, -0.2) is 4.98 Å². The molecule has 30 heavy (non-hydrogen) atoms. The van der Waals surface area contributed by atoms with E-state index in [4.69, 9.17) is 23.2 Å². The summed E-state index contributed by atoms with van der Waals surface area (Å²) in [6.07, 6.45) is 0. The monoisotopic (exact) mass is 437 g/mol. The number of halogens is 2. The zero-order chi connectivity index (χ0) is 21.3. The number of fused-ring (bicyclic) bond motifs is 1. The summed E-state index contributed by atoms with van der Waals surface area (Å²) in [7, 11) is 0. The zero-order valence-corrected chi connectivity index (χ0v) is 17.5. The van der Waals surface area contributed by atoms with Crippen LogP contribution >= 0.6 is 23.2 Å². The van der Waals surface area contributed by atoms with Crippen LogP contribution in [0.25, 0.3) is 10.9 Å². The Kier molecular flexibility index (Phi) is 5.57. The Balaban J connectivity index is 1.74. The first-order valence-corrected chi connectivity index (χ1v) is 9.99. The average molecular weight is 438 g/mol. The molecule has 5 nitrogen and oxygen atoms in total. The summed E-state index contributed by atoms with van der Waals surface area (Å²) >= 11 is 12.3. The molecule has 0 unspecified atom stereocenters. The normalized spacial score (nSPS) is 10.9. The van der Waals surface area contributed by atoms with Crippen LogP contribution in [-0.2, 0) is 6.54 Å². The van der Waals surface area contributed by atoms with E-state index in [0.717, 1.165) is 5.56 Å². The standard InChI is InChI=1S/C23H17Cl2N3O2/c1-14-26-20-12-19(25)21(27-22(29)16-5-3-2-4-6-16)11-18(20)23(30)28(14)13-15-7-9-17(24)10-8-15/h2-12H,13H2,1H3,(H,27,29). The van der Waals surface area contributed by atoms with Gasteiger partial charge in [-0.3, -0.25) is 14.2 Å². The van der Waals surface area contributed by atoms with Crippen LogP contribution in [0.5, 0.6) is 0 Å². The summed E-state index contributed by atoms with van der Waals surface area (Å²) in [4.78, 5) is 30.2. The van der Waals surface area contributed by atoms with Gasteiger partial charge in [0.1, 0.15) is 5.82 Å². The van der Waals surface area contributed by atoms with Crippen molar-refractivity contribution in [2.24, 2.45) is 0 Å². The van der Waals surface area contributed by atoms with Crippen LogP contribution < -0.4 is 10.9 Å². The number of hydrogen-bond donors (Lipinski definition) is 1. The Morgan fingerprint density at radius 1 is 1.03 bits per heavy atom. The molecule has 0 fully saturated rings. The zero-order valence-electron chi connectivity index (χ0n) is 16.0. The number of amides is 1. The van der Waals surface area contributed by atoms with Gasteiger partial charge in [-0.1, -0.05) is 53.5 Å². The van der Waals surface area contributed by atoms with Gasteiger partial charge < -0.3 is 5.32 Å². The Labute approximate surface area is 182 Å². The van der Waals surface area contributed by atoms with E-state index >= 15 is 0 Å². The van der Waals surface area contributed by atoms with Crippen LogP contribution in [0.2, 0.25) is 10.0 Å². The summed E-state index contributed by atoms with van der Waals surface area (Å²) in [6, 6.07) is 19.3. The molecule has 0 saturated carbocycles. The van der Waals surface area contributed by atoms with Crippen molar-refractivity contribution >= 4 is 45.7 Å². The number of carbonyl (C=O) groups excluding carboxylic acids is 1. The summed E-state index contributed by atoms with van der Waals surface area (Å²) in [5.41, 5.74) is 2.05. The number of aryl methyl sites for hydroxylation is 1. The van der Waals surface area contributed by atoms with Crippen LogP contribution in [0.3, 0.4) is 0 Å². The summed E-state index contributed by atoms with van der Waals surface area (Å²) < 4.78 is 1.59. The minimum Gasteiger partial charge on any atom is -0.321 e. The van der Waals surface area contributed by atoms with Crippen molar-refractivity contribution < 1.29 is 4.79 Å². The first kappa shape index (κ1) is 20.1. The fraction of sp³-hybridized carbons (Fsp3) is 0.0870. The molecule has 0 spiro atoms. The van der Waals surface area contributed by atoms with E-state index in [1.54, 1.807) is 60.0 Å². The van der Waals surface area contributed by atoms with Crippen molar-refractivity contribution in [1.29, 1.82) is 0 Å². The highest BCUT2D eigenvalue weighted by atomic mass is 35.5. The maximum atomic E-state index is 13.2. The Morgan fingerprint density at radius 2 is 1.73 bits per heavy atom. The van der Waals surface area contributed by atoms with Gasteiger partial charge in [0.2, 0.25) is 0 Å². The van der Waals surface area contributed by atoms with Crippen LogP contribution in [0.15, 0.2) is 71.5 Å². The second-order valence-electron chi connectivity index (χ2n) is 6.85. The van der Waals surface area contributed by atoms with E-state index in [9.17, 15) is 9.59 Å². The molecule has 1 aromatic heterocycles. The van der Waals surface area contributed by atoms with Crippen LogP contribution in [-0.4, -0.2) is 15.5 Å². The molecule has 0 bridgehead atoms. The molecule has 0 aliphatic rings. The molecule has 3 aromatic carbocycles. The van der Waals surface area contributed by atoms with Crippen LogP contribution in [0, 0.1) is 6.92 Å². The van der Waals surface area contributed by atoms with E-state index < -0.39 is 0 Å². The highest BCUT2D eigenvalue weighted by molar-refractivity contribution is 6.34. The molecular weight excluding hydrogens is 421 g/mol.